The van der Waals surface area contributed by atoms with Crippen LogP contribution in [0.3, 0.4) is 0 Å². The van der Waals surface area contributed by atoms with Crippen molar-refractivity contribution in [1.29, 1.82) is 0 Å². The Kier molecular flexibility index (Phi) is 3.28. The number of rotatable bonds is 1. The van der Waals surface area contributed by atoms with Crippen molar-refractivity contribution in [2.45, 2.75) is 51.5 Å². The molecule has 1 saturated heterocycles. The number of fused-ring (bicyclic) bond motifs is 3. The minimum atomic E-state index is -0.0214. The maximum atomic E-state index is 12.3. The summed E-state index contributed by atoms with van der Waals surface area (Å²) in [4.78, 5) is 14.3. The third kappa shape index (κ3) is 1.95. The van der Waals surface area contributed by atoms with E-state index in [9.17, 15) is 4.79 Å². The van der Waals surface area contributed by atoms with Gasteiger partial charge in [-0.25, -0.2) is 0 Å². The van der Waals surface area contributed by atoms with Gasteiger partial charge >= 0.3 is 0 Å². The van der Waals surface area contributed by atoms with Gasteiger partial charge in [-0.15, -0.1) is 0 Å². The molecule has 3 rings (SSSR count). The fourth-order valence-electron chi connectivity index (χ4n) is 3.64. The molecule has 1 atom stereocenters. The number of nitrogens with zero attached hydrogens (tertiary/aromatic N) is 1. The Balaban J connectivity index is 2.13. The molecule has 0 N–H and O–H groups in total. The highest BCUT2D eigenvalue weighted by atomic mass is 79.9. The van der Waals surface area contributed by atoms with Gasteiger partial charge in [-0.3, -0.25) is 4.79 Å². The third-order valence-corrected chi connectivity index (χ3v) is 5.12. The van der Waals surface area contributed by atoms with Crippen molar-refractivity contribution < 1.29 is 4.79 Å². The Hall–Kier alpha value is -1.09. The van der Waals surface area contributed by atoms with E-state index in [0.717, 1.165) is 17.3 Å². The van der Waals surface area contributed by atoms with Crippen LogP contribution in [0.2, 0.25) is 0 Å². The van der Waals surface area contributed by atoms with Crippen LogP contribution in [-0.2, 0) is 16.6 Å². The third-order valence-electron chi connectivity index (χ3n) is 4.63. The molecule has 3 heteroatoms. The summed E-state index contributed by atoms with van der Waals surface area (Å²) in [6.45, 7) is 6.48. The minimum absolute atomic E-state index is 0.0214. The van der Waals surface area contributed by atoms with E-state index in [1.807, 2.05) is 4.90 Å². The van der Waals surface area contributed by atoms with Gasteiger partial charge in [0.1, 0.15) is 0 Å². The van der Waals surface area contributed by atoms with Gasteiger partial charge in [0.05, 0.1) is 0 Å². The molecule has 2 nitrogen and oxygen atoms in total. The monoisotopic (exact) mass is 333 g/mol. The Morgan fingerprint density at radius 1 is 1.35 bits per heavy atom. The Bertz CT molecular complexity index is 605. The first-order valence-electron chi connectivity index (χ1n) is 7.25. The van der Waals surface area contributed by atoms with E-state index in [2.05, 4.69) is 61.0 Å². The number of carbonyl (C=O) groups is 1. The predicted octanol–water partition coefficient (Wildman–Crippen LogP) is 4.18. The van der Waals surface area contributed by atoms with Gasteiger partial charge in [0.25, 0.3) is 0 Å². The van der Waals surface area contributed by atoms with E-state index in [-0.39, 0.29) is 17.4 Å². The van der Waals surface area contributed by atoms with Crippen LogP contribution in [0.5, 0.6) is 0 Å². The minimum Gasteiger partial charge on any atom is -0.313 e. The van der Waals surface area contributed by atoms with E-state index in [1.54, 1.807) is 0 Å². The first kappa shape index (κ1) is 13.9. The molecule has 0 saturated carbocycles. The van der Waals surface area contributed by atoms with Crippen molar-refractivity contribution in [3.63, 3.8) is 0 Å². The molecule has 20 heavy (non-hydrogen) atoms. The average Bonchev–Trinajstić information content (AvgIpc) is 2.38. The Labute approximate surface area is 129 Å². The van der Waals surface area contributed by atoms with E-state index in [0.29, 0.717) is 6.42 Å². The summed E-state index contributed by atoms with van der Waals surface area (Å²) >= 11 is 3.56. The predicted molar refractivity (Wildman–Crippen MR) is 84.5 cm³/mol. The highest BCUT2D eigenvalue weighted by molar-refractivity contribution is 9.10. The second-order valence-corrected chi connectivity index (χ2v) is 7.20. The molecule has 2 aliphatic rings. The number of hydrogen-bond donors (Lipinski definition) is 0. The summed E-state index contributed by atoms with van der Waals surface area (Å²) in [5, 5.41) is 0. The van der Waals surface area contributed by atoms with Crippen molar-refractivity contribution in [3.05, 3.63) is 45.6 Å². The summed E-state index contributed by atoms with van der Waals surface area (Å²) in [7, 11) is 0. The van der Waals surface area contributed by atoms with Crippen LogP contribution < -0.4 is 0 Å². The smallest absolute Gasteiger partial charge is 0.227 e. The van der Waals surface area contributed by atoms with E-state index >= 15 is 0 Å². The zero-order valence-electron chi connectivity index (χ0n) is 12.2. The standard InChI is InChI=1S/C17H20BrNO/c1-11(2)19-15-7-4-12-10-13(18)5-6-14(12)17(15,3)9-8-16(19)20/h5-7,10-11H,4,8-9H2,1-3H3/t17-/m1/s1. The summed E-state index contributed by atoms with van der Waals surface area (Å²) in [6.07, 6.45) is 4.72. The number of likely N-dealkylation sites (tertiary alicyclic amines) is 1. The van der Waals surface area contributed by atoms with Gasteiger partial charge in [-0.1, -0.05) is 28.1 Å². The lowest BCUT2D eigenvalue weighted by molar-refractivity contribution is -0.133. The molecule has 0 radical (unpaired) electrons. The van der Waals surface area contributed by atoms with Gasteiger partial charge in [-0.05, 0) is 56.9 Å². The molecule has 0 spiro atoms. The van der Waals surface area contributed by atoms with Crippen molar-refractivity contribution in [2.24, 2.45) is 0 Å². The van der Waals surface area contributed by atoms with Crippen LogP contribution in [-0.4, -0.2) is 16.8 Å². The van der Waals surface area contributed by atoms with Gasteiger partial charge in [0.2, 0.25) is 5.91 Å². The van der Waals surface area contributed by atoms with E-state index in [1.165, 1.54) is 16.8 Å². The summed E-state index contributed by atoms with van der Waals surface area (Å²) in [6, 6.07) is 6.78. The van der Waals surface area contributed by atoms with Crippen LogP contribution in [0, 0.1) is 0 Å². The molecule has 1 heterocycles. The van der Waals surface area contributed by atoms with Crippen molar-refractivity contribution >= 4 is 21.8 Å². The molecule has 1 fully saturated rings. The molecular formula is C17H20BrNO. The maximum absolute atomic E-state index is 12.3. The first-order chi connectivity index (χ1) is 9.43. The fraction of sp³-hybridized carbons (Fsp3) is 0.471. The lowest BCUT2D eigenvalue weighted by atomic mass is 9.68. The topological polar surface area (TPSA) is 20.3 Å². The van der Waals surface area contributed by atoms with E-state index < -0.39 is 0 Å². The summed E-state index contributed by atoms with van der Waals surface area (Å²) in [5.74, 6) is 0.268. The Morgan fingerprint density at radius 3 is 2.80 bits per heavy atom. The number of benzene rings is 1. The van der Waals surface area contributed by atoms with Gasteiger partial charge in [-0.2, -0.15) is 0 Å². The molecule has 1 aliphatic carbocycles. The van der Waals surface area contributed by atoms with Crippen LogP contribution in [0.4, 0.5) is 0 Å². The number of piperidine rings is 1. The number of carbonyl (C=O) groups excluding carboxylic acids is 1. The highest BCUT2D eigenvalue weighted by Gasteiger charge is 2.44. The SMILES string of the molecule is CC(C)N1C(=O)CC[C@@]2(C)C1=CCc1cc(Br)ccc12. The maximum Gasteiger partial charge on any atom is 0.227 e. The molecule has 1 aliphatic heterocycles. The number of halogens is 1. The fourth-order valence-corrected chi connectivity index (χ4v) is 4.05. The lowest BCUT2D eigenvalue weighted by Gasteiger charge is -2.47. The molecule has 0 aromatic heterocycles. The molecule has 1 aromatic rings. The first-order valence-corrected chi connectivity index (χ1v) is 8.04. The molecule has 0 bridgehead atoms. The molecular weight excluding hydrogens is 314 g/mol. The second-order valence-electron chi connectivity index (χ2n) is 6.28. The van der Waals surface area contributed by atoms with Crippen LogP contribution in [0.1, 0.15) is 44.7 Å². The molecule has 0 unspecified atom stereocenters. The lowest BCUT2D eigenvalue weighted by Crippen LogP contribution is -2.49. The second kappa shape index (κ2) is 4.73. The Morgan fingerprint density at radius 2 is 2.10 bits per heavy atom. The van der Waals surface area contributed by atoms with E-state index in [4.69, 9.17) is 0 Å². The molecule has 1 aromatic carbocycles. The zero-order valence-corrected chi connectivity index (χ0v) is 13.8. The van der Waals surface area contributed by atoms with Crippen LogP contribution in [0.25, 0.3) is 0 Å². The van der Waals surface area contributed by atoms with Crippen molar-refractivity contribution in [1.82, 2.24) is 4.90 Å². The van der Waals surface area contributed by atoms with Gasteiger partial charge in [0, 0.05) is 28.0 Å². The van der Waals surface area contributed by atoms with Crippen molar-refractivity contribution in [2.75, 3.05) is 0 Å². The van der Waals surface area contributed by atoms with Crippen molar-refractivity contribution in [3.8, 4) is 0 Å². The van der Waals surface area contributed by atoms with Gasteiger partial charge in [0.15, 0.2) is 0 Å². The summed E-state index contributed by atoms with van der Waals surface area (Å²) < 4.78 is 1.13. The summed E-state index contributed by atoms with van der Waals surface area (Å²) in [5.41, 5.74) is 3.95. The zero-order chi connectivity index (χ0) is 14.5. The largest absolute Gasteiger partial charge is 0.313 e. The molecule has 106 valence electrons. The highest BCUT2D eigenvalue weighted by Crippen LogP contribution is 2.47. The number of hydrogen-bond acceptors (Lipinski definition) is 1. The molecule has 1 amide bonds. The number of allylic oxidation sites excluding steroid dienone is 2. The van der Waals surface area contributed by atoms with Crippen LogP contribution in [0.15, 0.2) is 34.4 Å². The van der Waals surface area contributed by atoms with Gasteiger partial charge < -0.3 is 4.90 Å². The normalized spacial score (nSPS) is 25.4. The average molecular weight is 334 g/mol. The quantitative estimate of drug-likeness (QED) is 0.755. The van der Waals surface area contributed by atoms with Crippen LogP contribution >= 0.6 is 15.9 Å². The number of amides is 1.